The highest BCUT2D eigenvalue weighted by Gasteiger charge is 2.24. The number of hydrogen-bond acceptors (Lipinski definition) is 9. The Morgan fingerprint density at radius 2 is 1.79 bits per heavy atom. The molecule has 1 atom stereocenters. The maximum Gasteiger partial charge on any atom is 0.305 e. The number of phenols is 1. The van der Waals surface area contributed by atoms with Gasteiger partial charge >= 0.3 is 5.97 Å². The Morgan fingerprint density at radius 3 is 2.42 bits per heavy atom. The Labute approximate surface area is 224 Å². The maximum atomic E-state index is 12.7. The number of halogens is 1. The molecule has 1 heterocycles. The summed E-state index contributed by atoms with van der Waals surface area (Å²) in [6, 6.07) is 7.79. The molecule has 13 heteroatoms. The van der Waals surface area contributed by atoms with Gasteiger partial charge in [-0.05, 0) is 49.2 Å². The van der Waals surface area contributed by atoms with E-state index in [0.29, 0.717) is 29.9 Å². The third-order valence-electron chi connectivity index (χ3n) is 5.76. The molecule has 206 valence electrons. The van der Waals surface area contributed by atoms with Crippen LogP contribution in [-0.2, 0) is 15.2 Å². The van der Waals surface area contributed by atoms with Gasteiger partial charge in [-0.15, -0.1) is 0 Å². The van der Waals surface area contributed by atoms with Crippen molar-refractivity contribution >= 4 is 35.1 Å². The van der Waals surface area contributed by atoms with Crippen molar-refractivity contribution in [3.8, 4) is 5.75 Å². The lowest BCUT2D eigenvalue weighted by Crippen LogP contribution is -2.58. The first-order valence-corrected chi connectivity index (χ1v) is 12.3. The van der Waals surface area contributed by atoms with Gasteiger partial charge in [0.05, 0.1) is 30.7 Å². The predicted octanol–water partition coefficient (Wildman–Crippen LogP) is 0.584. The molecule has 0 aromatic heterocycles. The third kappa shape index (κ3) is 8.57. The maximum absolute atomic E-state index is 12.7. The molecule has 0 unspecified atom stereocenters. The number of amides is 2. The number of phenolic OH excluding ortho intramolecular Hbond substituents is 1. The fourth-order valence-electron chi connectivity index (χ4n) is 3.85. The summed E-state index contributed by atoms with van der Waals surface area (Å²) in [4.78, 5) is 36.8. The zero-order chi connectivity index (χ0) is 28.0. The molecule has 1 aliphatic heterocycles. The number of aliphatic carboxylic acids is 1. The van der Waals surface area contributed by atoms with Crippen molar-refractivity contribution in [1.82, 2.24) is 21.3 Å². The Morgan fingerprint density at radius 1 is 1.11 bits per heavy atom. The van der Waals surface area contributed by atoms with E-state index in [1.54, 1.807) is 26.0 Å². The highest BCUT2D eigenvalue weighted by atomic mass is 35.5. The number of carboxylic acids is 1. The number of anilines is 1. The molecular weight excluding hydrogens is 518 g/mol. The SMILES string of the molecule is CC(C)(O)c1cc(Cl)cc([C@H](CC(=O)O)NC(=O)CNC(=O)c2cc(O)cc(NC3NCC(O)CN3)c2)c1. The zero-order valence-electron chi connectivity index (χ0n) is 20.9. The van der Waals surface area contributed by atoms with Gasteiger partial charge in [0.15, 0.2) is 0 Å². The van der Waals surface area contributed by atoms with Crippen molar-refractivity contribution in [2.75, 3.05) is 25.0 Å². The number of carbonyl (C=O) groups is 3. The van der Waals surface area contributed by atoms with Gasteiger partial charge in [0.2, 0.25) is 5.91 Å². The van der Waals surface area contributed by atoms with Crippen LogP contribution in [0, 0.1) is 0 Å². The summed E-state index contributed by atoms with van der Waals surface area (Å²) in [5, 5.41) is 53.7. The molecular formula is C25H32ClN5O7. The quantitative estimate of drug-likeness (QED) is 0.202. The summed E-state index contributed by atoms with van der Waals surface area (Å²) in [5.74, 6) is -2.63. The molecule has 2 amide bonds. The van der Waals surface area contributed by atoms with Crippen molar-refractivity contribution in [3.63, 3.8) is 0 Å². The average Bonchev–Trinajstić information content (AvgIpc) is 2.82. The fourth-order valence-corrected chi connectivity index (χ4v) is 4.09. The van der Waals surface area contributed by atoms with Crippen molar-refractivity contribution in [1.29, 1.82) is 0 Å². The molecule has 2 aromatic carbocycles. The van der Waals surface area contributed by atoms with Crippen molar-refractivity contribution < 1.29 is 34.8 Å². The van der Waals surface area contributed by atoms with E-state index in [9.17, 15) is 34.8 Å². The summed E-state index contributed by atoms with van der Waals surface area (Å²) >= 11 is 6.16. The molecule has 0 aliphatic carbocycles. The van der Waals surface area contributed by atoms with Gasteiger partial charge in [0.25, 0.3) is 5.91 Å². The molecule has 0 saturated carbocycles. The van der Waals surface area contributed by atoms with E-state index < -0.39 is 54.8 Å². The summed E-state index contributed by atoms with van der Waals surface area (Å²) in [7, 11) is 0. The van der Waals surface area contributed by atoms with Gasteiger partial charge in [0, 0.05) is 35.4 Å². The number of β-amino-alcohol motifs (C(OH)–C–C–N with tert-alkyl or cyclic N) is 1. The van der Waals surface area contributed by atoms with Crippen LogP contribution in [0.4, 0.5) is 5.69 Å². The number of carbonyl (C=O) groups excluding carboxylic acids is 2. The van der Waals surface area contributed by atoms with Gasteiger partial charge < -0.3 is 36.4 Å². The van der Waals surface area contributed by atoms with Crippen LogP contribution in [0.3, 0.4) is 0 Å². The van der Waals surface area contributed by atoms with Crippen molar-refractivity contribution in [3.05, 3.63) is 58.1 Å². The van der Waals surface area contributed by atoms with Gasteiger partial charge in [-0.25, -0.2) is 0 Å². The Hall–Kier alpha value is -3.42. The molecule has 0 spiro atoms. The number of rotatable bonds is 10. The van der Waals surface area contributed by atoms with E-state index in [-0.39, 0.29) is 16.3 Å². The first-order chi connectivity index (χ1) is 17.8. The highest BCUT2D eigenvalue weighted by Crippen LogP contribution is 2.29. The number of aliphatic hydroxyl groups excluding tert-OH is 1. The minimum Gasteiger partial charge on any atom is -0.508 e. The van der Waals surface area contributed by atoms with Crippen molar-refractivity contribution in [2.24, 2.45) is 0 Å². The van der Waals surface area contributed by atoms with Crippen LogP contribution >= 0.6 is 11.6 Å². The zero-order valence-corrected chi connectivity index (χ0v) is 21.7. The molecule has 1 aliphatic rings. The topological polar surface area (TPSA) is 192 Å². The first-order valence-electron chi connectivity index (χ1n) is 11.9. The summed E-state index contributed by atoms with van der Waals surface area (Å²) in [6.45, 7) is 3.37. The minimum absolute atomic E-state index is 0.0860. The molecule has 0 radical (unpaired) electrons. The number of aliphatic hydroxyl groups is 2. The second-order valence-electron chi connectivity index (χ2n) is 9.55. The smallest absolute Gasteiger partial charge is 0.305 e. The molecule has 1 saturated heterocycles. The lowest BCUT2D eigenvalue weighted by Gasteiger charge is -2.29. The van der Waals surface area contributed by atoms with E-state index in [0.717, 1.165) is 0 Å². The first kappa shape index (κ1) is 29.1. The molecule has 9 N–H and O–H groups in total. The van der Waals surface area contributed by atoms with Gasteiger partial charge in [-0.1, -0.05) is 17.7 Å². The lowest BCUT2D eigenvalue weighted by atomic mass is 9.93. The van der Waals surface area contributed by atoms with Crippen molar-refractivity contribution in [2.45, 2.75) is 44.3 Å². The number of nitrogens with one attached hydrogen (secondary N) is 5. The number of hydrogen-bond donors (Lipinski definition) is 9. The molecule has 12 nitrogen and oxygen atoms in total. The third-order valence-corrected chi connectivity index (χ3v) is 5.98. The normalized spacial score (nSPS) is 18.3. The van der Waals surface area contributed by atoms with Crippen LogP contribution in [0.25, 0.3) is 0 Å². The van der Waals surface area contributed by atoms with E-state index >= 15 is 0 Å². The Balaban J connectivity index is 1.65. The van der Waals surface area contributed by atoms with Crippen LogP contribution < -0.4 is 26.6 Å². The molecule has 1 fully saturated rings. The highest BCUT2D eigenvalue weighted by molar-refractivity contribution is 6.30. The summed E-state index contributed by atoms with van der Waals surface area (Å²) in [5.41, 5.74) is 0.0953. The monoisotopic (exact) mass is 549 g/mol. The standard InChI is InChI=1S/C25H32ClN5O7/c1-25(2,38)15-3-13(4-16(26)7-15)20(9-22(35)36)31-21(34)12-27-23(37)14-5-17(8-18(32)6-14)30-24-28-10-19(33)11-29-24/h3-8,19-20,24,28-30,32-33,38H,9-12H2,1-2H3,(H,27,37)(H,31,34)(H,35,36)/t19?,20-,24?/m0/s1. The number of aromatic hydroxyl groups is 1. The Bertz CT molecular complexity index is 1180. The average molecular weight is 550 g/mol. The van der Waals surface area contributed by atoms with Crippen LogP contribution in [0.15, 0.2) is 36.4 Å². The van der Waals surface area contributed by atoms with Crippen LogP contribution in [0.2, 0.25) is 5.02 Å². The van der Waals surface area contributed by atoms with Gasteiger partial charge in [-0.2, -0.15) is 0 Å². The summed E-state index contributed by atoms with van der Waals surface area (Å²) in [6.07, 6.45) is -1.37. The second-order valence-corrected chi connectivity index (χ2v) is 9.99. The largest absolute Gasteiger partial charge is 0.508 e. The van der Waals surface area contributed by atoms with Crippen LogP contribution in [0.1, 0.15) is 47.8 Å². The van der Waals surface area contributed by atoms with Crippen LogP contribution in [-0.4, -0.2) is 70.2 Å². The number of carboxylic acid groups (broad SMARTS) is 1. The fraction of sp³-hybridized carbons (Fsp3) is 0.400. The molecule has 3 rings (SSSR count). The van der Waals surface area contributed by atoms with E-state index in [4.69, 9.17) is 11.6 Å². The van der Waals surface area contributed by atoms with E-state index in [2.05, 4.69) is 26.6 Å². The minimum atomic E-state index is -1.25. The summed E-state index contributed by atoms with van der Waals surface area (Å²) < 4.78 is 0. The van der Waals surface area contributed by atoms with Crippen LogP contribution in [0.5, 0.6) is 5.75 Å². The second kappa shape index (κ2) is 12.4. The molecule has 2 aromatic rings. The predicted molar refractivity (Wildman–Crippen MR) is 140 cm³/mol. The molecule has 38 heavy (non-hydrogen) atoms. The number of benzene rings is 2. The van der Waals surface area contributed by atoms with Gasteiger partial charge in [0.1, 0.15) is 12.0 Å². The van der Waals surface area contributed by atoms with E-state index in [1.165, 1.54) is 24.3 Å². The lowest BCUT2D eigenvalue weighted by molar-refractivity contribution is -0.137. The van der Waals surface area contributed by atoms with E-state index in [1.807, 2.05) is 0 Å². The molecule has 0 bridgehead atoms. The van der Waals surface area contributed by atoms with Gasteiger partial charge in [-0.3, -0.25) is 25.0 Å². The Kier molecular flexibility index (Phi) is 9.52.